The first-order valence-electron chi connectivity index (χ1n) is 8.59. The van der Waals surface area contributed by atoms with E-state index in [9.17, 15) is 4.79 Å². The summed E-state index contributed by atoms with van der Waals surface area (Å²) < 4.78 is 1.17. The molecular formula is C20H19N3O2S. The molecule has 4 rings (SSSR count). The van der Waals surface area contributed by atoms with Gasteiger partial charge in [0.2, 0.25) is 0 Å². The van der Waals surface area contributed by atoms with E-state index in [1.165, 1.54) is 11.8 Å². The zero-order valence-corrected chi connectivity index (χ0v) is 15.3. The molecule has 1 amide bonds. The molecule has 1 aromatic heterocycles. The summed E-state index contributed by atoms with van der Waals surface area (Å²) in [6, 6.07) is 15.6. The minimum atomic E-state index is 0.0574. The van der Waals surface area contributed by atoms with Gasteiger partial charge in [0.25, 0.3) is 5.91 Å². The third-order valence-electron chi connectivity index (χ3n) is 4.57. The number of benzene rings is 2. The Hall–Kier alpha value is -2.73. The van der Waals surface area contributed by atoms with E-state index < -0.39 is 0 Å². The number of hydrogen-bond acceptors (Lipinski definition) is 5. The van der Waals surface area contributed by atoms with Gasteiger partial charge in [0.1, 0.15) is 12.1 Å². The Bertz CT molecular complexity index is 916. The van der Waals surface area contributed by atoms with Crippen molar-refractivity contribution in [2.24, 2.45) is 5.16 Å². The van der Waals surface area contributed by atoms with Gasteiger partial charge < -0.3 is 9.74 Å². The molecule has 0 saturated carbocycles. The van der Waals surface area contributed by atoms with Crippen molar-refractivity contribution in [3.8, 4) is 0 Å². The number of hydrogen-bond donors (Lipinski definition) is 0. The minimum Gasteiger partial charge on any atom is -0.399 e. The zero-order valence-electron chi connectivity index (χ0n) is 14.5. The third-order valence-corrected chi connectivity index (χ3v) is 5.71. The van der Waals surface area contributed by atoms with Crippen LogP contribution in [0.5, 0.6) is 0 Å². The minimum absolute atomic E-state index is 0.0574. The number of thiazole rings is 1. The summed E-state index contributed by atoms with van der Waals surface area (Å²) in [7, 11) is 1.50. The monoisotopic (exact) mass is 365 g/mol. The summed E-state index contributed by atoms with van der Waals surface area (Å²) >= 11 is 1.69. The molecule has 0 spiro atoms. The van der Waals surface area contributed by atoms with Gasteiger partial charge >= 0.3 is 0 Å². The van der Waals surface area contributed by atoms with Crippen LogP contribution >= 0.6 is 11.3 Å². The highest BCUT2D eigenvalue weighted by Gasteiger charge is 2.32. The molecule has 5 nitrogen and oxygen atoms in total. The fourth-order valence-corrected chi connectivity index (χ4v) is 4.41. The number of nitrogens with zero attached hydrogens (tertiary/aromatic N) is 3. The third kappa shape index (κ3) is 3.20. The topological polar surface area (TPSA) is 54.8 Å². The van der Waals surface area contributed by atoms with Gasteiger partial charge in [0, 0.05) is 12.1 Å². The standard InChI is InChI=1S/C20H19N3O2S/c1-25-21-13-14-8-10-15(11-9-14)20(24)23-12-4-6-17(23)19-22-16-5-2-3-7-18(16)26-19/h2-3,5,7-11,13,17H,4,6,12H2,1H3/b21-13+. The van der Waals surface area contributed by atoms with E-state index >= 15 is 0 Å². The maximum atomic E-state index is 13.0. The zero-order chi connectivity index (χ0) is 17.9. The number of carbonyl (C=O) groups excluding carboxylic acids is 1. The number of rotatable bonds is 4. The number of oxime groups is 1. The Morgan fingerprint density at radius 2 is 2.08 bits per heavy atom. The summed E-state index contributed by atoms with van der Waals surface area (Å²) in [6.07, 6.45) is 3.59. The molecule has 0 N–H and O–H groups in total. The Balaban J connectivity index is 1.57. The van der Waals surface area contributed by atoms with Gasteiger partial charge in [0.05, 0.1) is 22.5 Å². The van der Waals surface area contributed by atoms with Gasteiger partial charge in [-0.15, -0.1) is 11.3 Å². The average molecular weight is 365 g/mol. The lowest BCUT2D eigenvalue weighted by Crippen LogP contribution is -2.30. The van der Waals surface area contributed by atoms with Crippen LogP contribution in [0.3, 0.4) is 0 Å². The number of likely N-dealkylation sites (tertiary alicyclic amines) is 1. The summed E-state index contributed by atoms with van der Waals surface area (Å²) in [4.78, 5) is 24.4. The van der Waals surface area contributed by atoms with Crippen LogP contribution in [0, 0.1) is 0 Å². The Labute approximate surface area is 155 Å². The molecule has 1 atom stereocenters. The number of fused-ring (bicyclic) bond motifs is 1. The summed E-state index contributed by atoms with van der Waals surface area (Å²) in [6.45, 7) is 0.770. The van der Waals surface area contributed by atoms with Crippen LogP contribution < -0.4 is 0 Å². The normalized spacial score (nSPS) is 17.3. The molecule has 1 fully saturated rings. The fourth-order valence-electron chi connectivity index (χ4n) is 3.29. The largest absolute Gasteiger partial charge is 0.399 e. The van der Waals surface area contributed by atoms with Crippen LogP contribution in [0.4, 0.5) is 0 Å². The predicted octanol–water partition coefficient (Wildman–Crippen LogP) is 4.25. The van der Waals surface area contributed by atoms with E-state index in [1.807, 2.05) is 47.4 Å². The van der Waals surface area contributed by atoms with Crippen LogP contribution in [0.25, 0.3) is 10.2 Å². The molecule has 0 radical (unpaired) electrons. The smallest absolute Gasteiger partial charge is 0.254 e. The Kier molecular flexibility index (Phi) is 4.67. The Morgan fingerprint density at radius 3 is 2.85 bits per heavy atom. The lowest BCUT2D eigenvalue weighted by molar-refractivity contribution is 0.0735. The van der Waals surface area contributed by atoms with Crippen LogP contribution in [0.2, 0.25) is 0 Å². The summed E-state index contributed by atoms with van der Waals surface area (Å²) in [5.74, 6) is 0.0574. The molecule has 0 bridgehead atoms. The first-order valence-corrected chi connectivity index (χ1v) is 9.41. The maximum absolute atomic E-state index is 13.0. The molecule has 0 aliphatic carbocycles. The van der Waals surface area contributed by atoms with Crippen molar-refractivity contribution in [2.45, 2.75) is 18.9 Å². The van der Waals surface area contributed by atoms with E-state index in [2.05, 4.69) is 16.1 Å². The molecule has 26 heavy (non-hydrogen) atoms. The second-order valence-electron chi connectivity index (χ2n) is 6.22. The number of carbonyl (C=O) groups is 1. The van der Waals surface area contributed by atoms with Gasteiger partial charge in [-0.1, -0.05) is 29.4 Å². The van der Waals surface area contributed by atoms with Crippen molar-refractivity contribution in [3.63, 3.8) is 0 Å². The van der Waals surface area contributed by atoms with Gasteiger partial charge in [-0.3, -0.25) is 4.79 Å². The van der Waals surface area contributed by atoms with E-state index in [0.29, 0.717) is 5.56 Å². The quantitative estimate of drug-likeness (QED) is 0.513. The average Bonchev–Trinajstić information content (AvgIpc) is 3.32. The first-order chi connectivity index (χ1) is 12.8. The van der Waals surface area contributed by atoms with Gasteiger partial charge in [-0.25, -0.2) is 4.98 Å². The lowest BCUT2D eigenvalue weighted by Gasteiger charge is -2.23. The summed E-state index contributed by atoms with van der Waals surface area (Å²) in [5, 5.41) is 4.77. The van der Waals surface area contributed by atoms with E-state index in [1.54, 1.807) is 17.6 Å². The Morgan fingerprint density at radius 1 is 1.27 bits per heavy atom. The molecular weight excluding hydrogens is 346 g/mol. The predicted molar refractivity (Wildman–Crippen MR) is 104 cm³/mol. The second kappa shape index (κ2) is 7.25. The molecule has 1 saturated heterocycles. The van der Waals surface area contributed by atoms with E-state index in [-0.39, 0.29) is 11.9 Å². The maximum Gasteiger partial charge on any atom is 0.254 e. The number of para-hydroxylation sites is 1. The molecule has 1 aliphatic rings. The van der Waals surface area contributed by atoms with Crippen molar-refractivity contribution < 1.29 is 9.63 Å². The molecule has 3 aromatic rings. The van der Waals surface area contributed by atoms with E-state index in [0.717, 1.165) is 35.5 Å². The van der Waals surface area contributed by atoms with Gasteiger partial charge in [-0.05, 0) is 42.7 Å². The molecule has 2 heterocycles. The van der Waals surface area contributed by atoms with E-state index in [4.69, 9.17) is 4.98 Å². The van der Waals surface area contributed by atoms with Crippen molar-refractivity contribution in [1.29, 1.82) is 0 Å². The van der Waals surface area contributed by atoms with Crippen molar-refractivity contribution in [1.82, 2.24) is 9.88 Å². The SMILES string of the molecule is CO/N=C/c1ccc(C(=O)N2CCCC2c2nc3ccccc3s2)cc1. The van der Waals surface area contributed by atoms with Crippen LogP contribution in [-0.2, 0) is 4.84 Å². The lowest BCUT2D eigenvalue weighted by atomic mass is 10.1. The molecule has 2 aromatic carbocycles. The van der Waals surface area contributed by atoms with Gasteiger partial charge in [-0.2, -0.15) is 0 Å². The number of amides is 1. The van der Waals surface area contributed by atoms with Crippen molar-refractivity contribution >= 4 is 33.7 Å². The molecule has 6 heteroatoms. The molecule has 1 unspecified atom stereocenters. The van der Waals surface area contributed by atoms with Gasteiger partial charge in [0.15, 0.2) is 0 Å². The first kappa shape index (κ1) is 16.7. The highest BCUT2D eigenvalue weighted by atomic mass is 32.1. The number of aromatic nitrogens is 1. The van der Waals surface area contributed by atoms with Crippen LogP contribution in [0.1, 0.15) is 39.8 Å². The fraction of sp³-hybridized carbons (Fsp3) is 0.250. The highest BCUT2D eigenvalue weighted by Crippen LogP contribution is 2.37. The van der Waals surface area contributed by atoms with Crippen molar-refractivity contribution in [3.05, 3.63) is 64.7 Å². The molecule has 1 aliphatic heterocycles. The molecule has 132 valence electrons. The summed E-state index contributed by atoms with van der Waals surface area (Å²) in [5.41, 5.74) is 2.59. The highest BCUT2D eigenvalue weighted by molar-refractivity contribution is 7.18. The van der Waals surface area contributed by atoms with Crippen LogP contribution in [0.15, 0.2) is 53.7 Å². The second-order valence-corrected chi connectivity index (χ2v) is 7.28. The van der Waals surface area contributed by atoms with Crippen LogP contribution in [-0.4, -0.2) is 35.7 Å². The van der Waals surface area contributed by atoms with Crippen molar-refractivity contribution in [2.75, 3.05) is 13.7 Å².